The number of benzene rings is 2. The second kappa shape index (κ2) is 8.25. The van der Waals surface area contributed by atoms with Crippen molar-refractivity contribution in [1.29, 1.82) is 0 Å². The maximum absolute atomic E-state index is 12.8. The van der Waals surface area contributed by atoms with Crippen LogP contribution in [0, 0.1) is 13.8 Å². The molecule has 3 aromatic rings. The summed E-state index contributed by atoms with van der Waals surface area (Å²) >= 11 is 5.94. The maximum Gasteiger partial charge on any atom is 0.321 e. The number of rotatable bonds is 3. The normalized spacial score (nSPS) is 16.7. The molecular formula is C22H23ClN4O2. The number of hydrogen-bond acceptors (Lipinski definition) is 4. The zero-order valence-electron chi connectivity index (χ0n) is 16.5. The molecule has 7 heteroatoms. The fraction of sp³-hybridized carbons (Fsp3) is 0.318. The fourth-order valence-corrected chi connectivity index (χ4v) is 3.80. The number of nitrogens with zero attached hydrogens (tertiary/aromatic N) is 3. The van der Waals surface area contributed by atoms with Crippen molar-refractivity contribution in [2.75, 3.05) is 18.4 Å². The average Bonchev–Trinajstić information content (AvgIpc) is 3.22. The van der Waals surface area contributed by atoms with E-state index in [9.17, 15) is 4.79 Å². The first-order valence-corrected chi connectivity index (χ1v) is 10.1. The number of anilines is 1. The minimum atomic E-state index is -0.0930. The van der Waals surface area contributed by atoms with Crippen LogP contribution in [0.25, 0.3) is 11.4 Å². The van der Waals surface area contributed by atoms with Crippen molar-refractivity contribution in [2.45, 2.75) is 32.6 Å². The number of aryl methyl sites for hydroxylation is 2. The Kier molecular flexibility index (Phi) is 5.53. The lowest BCUT2D eigenvalue weighted by Gasteiger charge is -2.31. The summed E-state index contributed by atoms with van der Waals surface area (Å²) in [5.74, 6) is 1.13. The molecule has 1 saturated heterocycles. The molecule has 2 heterocycles. The molecule has 2 amide bonds. The number of likely N-dealkylation sites (tertiary alicyclic amines) is 1. The van der Waals surface area contributed by atoms with Crippen LogP contribution in [0.15, 0.2) is 47.0 Å². The first kappa shape index (κ1) is 19.5. The molecule has 0 spiro atoms. The van der Waals surface area contributed by atoms with Crippen LogP contribution in [0.1, 0.15) is 35.8 Å². The van der Waals surface area contributed by atoms with E-state index >= 15 is 0 Å². The van der Waals surface area contributed by atoms with Crippen LogP contribution in [0.5, 0.6) is 0 Å². The first-order valence-electron chi connectivity index (χ1n) is 9.73. The minimum Gasteiger partial charge on any atom is -0.339 e. The van der Waals surface area contributed by atoms with E-state index in [0.29, 0.717) is 29.8 Å². The predicted molar refractivity (Wildman–Crippen MR) is 113 cm³/mol. The van der Waals surface area contributed by atoms with E-state index in [2.05, 4.69) is 15.5 Å². The molecule has 1 aliphatic heterocycles. The lowest BCUT2D eigenvalue weighted by molar-refractivity contribution is 0.184. The van der Waals surface area contributed by atoms with Gasteiger partial charge in [0.25, 0.3) is 0 Å². The molecule has 150 valence electrons. The summed E-state index contributed by atoms with van der Waals surface area (Å²) in [6.07, 6.45) is 1.80. The Morgan fingerprint density at radius 1 is 1.17 bits per heavy atom. The van der Waals surface area contributed by atoms with Crippen LogP contribution >= 0.6 is 11.6 Å². The number of hydrogen-bond donors (Lipinski definition) is 1. The van der Waals surface area contributed by atoms with E-state index in [0.717, 1.165) is 35.2 Å². The molecule has 29 heavy (non-hydrogen) atoms. The number of nitrogens with one attached hydrogen (secondary N) is 1. The van der Waals surface area contributed by atoms with Gasteiger partial charge in [-0.3, -0.25) is 0 Å². The molecule has 1 aromatic heterocycles. The minimum absolute atomic E-state index is 0.0287. The highest BCUT2D eigenvalue weighted by Gasteiger charge is 2.29. The van der Waals surface area contributed by atoms with Crippen molar-refractivity contribution in [2.24, 2.45) is 0 Å². The predicted octanol–water partition coefficient (Wildman–Crippen LogP) is 5.42. The lowest BCUT2D eigenvalue weighted by Crippen LogP contribution is -2.41. The van der Waals surface area contributed by atoms with Crippen molar-refractivity contribution < 1.29 is 9.32 Å². The number of piperidine rings is 1. The van der Waals surface area contributed by atoms with Gasteiger partial charge in [0.15, 0.2) is 0 Å². The fourth-order valence-electron chi connectivity index (χ4n) is 3.68. The lowest BCUT2D eigenvalue weighted by atomic mass is 9.98. The quantitative estimate of drug-likeness (QED) is 0.625. The van der Waals surface area contributed by atoms with Crippen LogP contribution in [-0.2, 0) is 0 Å². The number of halogens is 1. The van der Waals surface area contributed by atoms with Gasteiger partial charge in [0.2, 0.25) is 11.7 Å². The van der Waals surface area contributed by atoms with Crippen LogP contribution in [0.2, 0.25) is 5.02 Å². The monoisotopic (exact) mass is 410 g/mol. The molecule has 0 unspecified atom stereocenters. The molecule has 1 fully saturated rings. The summed E-state index contributed by atoms with van der Waals surface area (Å²) in [6.45, 7) is 5.27. The van der Waals surface area contributed by atoms with Gasteiger partial charge < -0.3 is 14.7 Å². The summed E-state index contributed by atoms with van der Waals surface area (Å²) in [6, 6.07) is 13.2. The van der Waals surface area contributed by atoms with Gasteiger partial charge in [-0.05, 0) is 62.1 Å². The van der Waals surface area contributed by atoms with Gasteiger partial charge in [0, 0.05) is 29.4 Å². The first-order chi connectivity index (χ1) is 14.0. The molecule has 1 aliphatic rings. The second-order valence-corrected chi connectivity index (χ2v) is 7.88. The third-order valence-electron chi connectivity index (χ3n) is 5.32. The molecule has 1 atom stereocenters. The van der Waals surface area contributed by atoms with Gasteiger partial charge in [-0.2, -0.15) is 4.98 Å². The highest BCUT2D eigenvalue weighted by Crippen LogP contribution is 2.29. The summed E-state index contributed by atoms with van der Waals surface area (Å²) in [4.78, 5) is 19.2. The van der Waals surface area contributed by atoms with Gasteiger partial charge in [0.05, 0.1) is 5.92 Å². The topological polar surface area (TPSA) is 71.3 Å². The van der Waals surface area contributed by atoms with Crippen molar-refractivity contribution in [3.63, 3.8) is 0 Å². The number of carbonyl (C=O) groups is 1. The number of para-hydroxylation sites is 1. The summed E-state index contributed by atoms with van der Waals surface area (Å²) in [5.41, 5.74) is 3.83. The zero-order chi connectivity index (χ0) is 20.4. The van der Waals surface area contributed by atoms with E-state index in [1.807, 2.05) is 49.1 Å². The molecule has 0 aliphatic carbocycles. The SMILES string of the molecule is Cc1cccc(C)c1NC(=O)N1CCC[C@H](c2nc(-c3ccc(Cl)cc3)no2)C1. The van der Waals surface area contributed by atoms with Crippen molar-refractivity contribution >= 4 is 23.3 Å². The second-order valence-electron chi connectivity index (χ2n) is 7.45. The third-order valence-corrected chi connectivity index (χ3v) is 5.57. The Hall–Kier alpha value is -2.86. The molecule has 0 bridgehead atoms. The number of urea groups is 1. The van der Waals surface area contributed by atoms with E-state index in [-0.39, 0.29) is 11.9 Å². The van der Waals surface area contributed by atoms with Crippen molar-refractivity contribution in [1.82, 2.24) is 15.0 Å². The van der Waals surface area contributed by atoms with Gasteiger partial charge >= 0.3 is 6.03 Å². The van der Waals surface area contributed by atoms with E-state index in [1.54, 1.807) is 12.1 Å². The highest BCUT2D eigenvalue weighted by atomic mass is 35.5. The Labute approximate surface area is 174 Å². The highest BCUT2D eigenvalue weighted by molar-refractivity contribution is 6.30. The molecule has 2 aromatic carbocycles. The summed E-state index contributed by atoms with van der Waals surface area (Å²) in [7, 11) is 0. The van der Waals surface area contributed by atoms with Gasteiger partial charge in [-0.25, -0.2) is 4.79 Å². The van der Waals surface area contributed by atoms with E-state index in [1.165, 1.54) is 0 Å². The molecule has 6 nitrogen and oxygen atoms in total. The Balaban J connectivity index is 1.46. The average molecular weight is 411 g/mol. The van der Waals surface area contributed by atoms with Gasteiger partial charge in [-0.15, -0.1) is 0 Å². The molecule has 0 saturated carbocycles. The Bertz CT molecular complexity index is 996. The molecule has 4 rings (SSSR count). The van der Waals surface area contributed by atoms with Gasteiger partial charge in [-0.1, -0.05) is 35.0 Å². The Morgan fingerprint density at radius 3 is 2.62 bits per heavy atom. The standard InChI is InChI=1S/C22H23ClN4O2/c1-14-5-3-6-15(2)19(14)24-22(28)27-12-4-7-17(13-27)21-25-20(26-29-21)16-8-10-18(23)11-9-16/h3,5-6,8-11,17H,4,7,12-13H2,1-2H3,(H,24,28)/t17-/m0/s1. The van der Waals surface area contributed by atoms with Crippen LogP contribution in [0.3, 0.4) is 0 Å². The maximum atomic E-state index is 12.8. The smallest absolute Gasteiger partial charge is 0.321 e. The zero-order valence-corrected chi connectivity index (χ0v) is 17.2. The summed E-state index contributed by atoms with van der Waals surface area (Å²) < 4.78 is 5.52. The van der Waals surface area contributed by atoms with Crippen LogP contribution in [0.4, 0.5) is 10.5 Å². The molecular weight excluding hydrogens is 388 g/mol. The van der Waals surface area contributed by atoms with Crippen molar-refractivity contribution in [3.05, 3.63) is 64.5 Å². The number of amides is 2. The van der Waals surface area contributed by atoms with E-state index in [4.69, 9.17) is 16.1 Å². The van der Waals surface area contributed by atoms with Crippen molar-refractivity contribution in [3.8, 4) is 11.4 Å². The largest absolute Gasteiger partial charge is 0.339 e. The van der Waals surface area contributed by atoms with Crippen LogP contribution in [-0.4, -0.2) is 34.2 Å². The number of carbonyl (C=O) groups excluding carboxylic acids is 1. The van der Waals surface area contributed by atoms with E-state index < -0.39 is 0 Å². The number of aromatic nitrogens is 2. The van der Waals surface area contributed by atoms with Crippen LogP contribution < -0.4 is 5.32 Å². The van der Waals surface area contributed by atoms with Gasteiger partial charge in [0.1, 0.15) is 0 Å². The summed E-state index contributed by atoms with van der Waals surface area (Å²) in [5, 5.41) is 7.83. The Morgan fingerprint density at radius 2 is 1.90 bits per heavy atom. The third kappa shape index (κ3) is 4.27. The molecule has 0 radical (unpaired) electrons. The molecule has 1 N–H and O–H groups in total.